The van der Waals surface area contributed by atoms with Gasteiger partial charge in [-0.05, 0) is 38.3 Å². The minimum absolute atomic E-state index is 1.12. The van der Waals surface area contributed by atoms with Crippen LogP contribution in [0.15, 0.2) is 12.7 Å². The molecule has 1 nitrogen and oxygen atoms in total. The van der Waals surface area contributed by atoms with Gasteiger partial charge in [0.25, 0.3) is 0 Å². The Kier molecular flexibility index (Phi) is 10.0. The van der Waals surface area contributed by atoms with E-state index in [9.17, 15) is 0 Å². The molecule has 0 aromatic rings. The molecule has 0 saturated heterocycles. The number of hydrogen-bond acceptors (Lipinski definition) is 1. The quantitative estimate of drug-likeness (QED) is 0.232. The Morgan fingerprint density at radius 1 is 0.895 bits per heavy atom. The first-order valence-corrected chi connectivity index (χ1v) is 14.4. The van der Waals surface area contributed by atoms with Crippen molar-refractivity contribution in [1.82, 2.24) is 0 Å². The summed E-state index contributed by atoms with van der Waals surface area (Å²) in [7, 11) is -2.92. The minimum atomic E-state index is -1.52. The summed E-state index contributed by atoms with van der Waals surface area (Å²) in [4.78, 5) is 0. The van der Waals surface area contributed by atoms with Gasteiger partial charge in [-0.2, -0.15) is 0 Å². The van der Waals surface area contributed by atoms with Crippen LogP contribution in [0, 0.1) is 0 Å². The van der Waals surface area contributed by atoms with Crippen LogP contribution in [-0.2, 0) is 4.12 Å². The van der Waals surface area contributed by atoms with Crippen LogP contribution < -0.4 is 0 Å². The van der Waals surface area contributed by atoms with Gasteiger partial charge in [0.2, 0.25) is 0 Å². The smallest absolute Gasteiger partial charge is 0.180 e. The molecule has 0 heterocycles. The van der Waals surface area contributed by atoms with Gasteiger partial charge in [-0.15, -0.1) is 6.58 Å². The fraction of sp³-hybridized carbons (Fsp3) is 0.875. The van der Waals surface area contributed by atoms with E-state index in [1.54, 1.807) is 0 Å². The molecular weight excluding hydrogens is 264 g/mol. The largest absolute Gasteiger partial charge is 0.455 e. The van der Waals surface area contributed by atoms with Gasteiger partial charge in [0, 0.05) is 0 Å². The van der Waals surface area contributed by atoms with E-state index in [0.29, 0.717) is 0 Å². The van der Waals surface area contributed by atoms with Crippen molar-refractivity contribution in [2.75, 3.05) is 0 Å². The molecule has 0 saturated carbocycles. The van der Waals surface area contributed by atoms with Crippen molar-refractivity contribution < 1.29 is 4.12 Å². The maximum absolute atomic E-state index is 6.52. The Hall–Kier alpha value is 0.134. The predicted octanol–water partition coefficient (Wildman–Crippen LogP) is 6.35. The molecule has 0 fully saturated rings. The van der Waals surface area contributed by atoms with Gasteiger partial charge in [-0.1, -0.05) is 57.9 Å². The second-order valence-electron chi connectivity index (χ2n) is 7.03. The monoisotopic (exact) mass is 300 g/mol. The summed E-state index contributed by atoms with van der Waals surface area (Å²) >= 11 is 0. The molecule has 0 rings (SSSR count). The standard InChI is InChI=1S/C16H36OSi2/c1-7-9-10-11-12-13-14-16-19(6,15-8-2)17-18(3,4)5/h8H,2,7,9-16H2,1,3-6H3. The summed E-state index contributed by atoms with van der Waals surface area (Å²) in [5.74, 6) is 0. The third-order valence-corrected chi connectivity index (χ3v) is 10.4. The number of allylic oxidation sites excluding steroid dienone is 1. The van der Waals surface area contributed by atoms with Gasteiger partial charge >= 0.3 is 0 Å². The Morgan fingerprint density at radius 2 is 1.42 bits per heavy atom. The fourth-order valence-electron chi connectivity index (χ4n) is 2.70. The van der Waals surface area contributed by atoms with E-state index < -0.39 is 16.6 Å². The molecule has 0 N–H and O–H groups in total. The molecule has 114 valence electrons. The summed E-state index contributed by atoms with van der Waals surface area (Å²) in [5, 5.41) is 0. The summed E-state index contributed by atoms with van der Waals surface area (Å²) in [5.41, 5.74) is 0. The number of unbranched alkanes of at least 4 members (excludes halogenated alkanes) is 6. The lowest BCUT2D eigenvalue weighted by molar-refractivity contribution is 0.530. The van der Waals surface area contributed by atoms with Crippen LogP contribution in [0.25, 0.3) is 0 Å². The zero-order valence-corrected chi connectivity index (χ0v) is 16.1. The lowest BCUT2D eigenvalue weighted by Gasteiger charge is -2.34. The van der Waals surface area contributed by atoms with Gasteiger partial charge in [0.05, 0.1) is 0 Å². The molecule has 0 aromatic heterocycles. The van der Waals surface area contributed by atoms with Gasteiger partial charge in [-0.25, -0.2) is 0 Å². The molecule has 0 bridgehead atoms. The van der Waals surface area contributed by atoms with E-state index in [-0.39, 0.29) is 0 Å². The molecule has 19 heavy (non-hydrogen) atoms. The third kappa shape index (κ3) is 11.6. The van der Waals surface area contributed by atoms with Crippen molar-refractivity contribution in [2.24, 2.45) is 0 Å². The van der Waals surface area contributed by atoms with E-state index in [1.165, 1.54) is 51.0 Å². The van der Waals surface area contributed by atoms with E-state index in [4.69, 9.17) is 4.12 Å². The first-order chi connectivity index (χ1) is 8.83. The summed E-state index contributed by atoms with van der Waals surface area (Å²) in [6, 6.07) is 2.43. The Labute approximate surface area is 124 Å². The van der Waals surface area contributed by atoms with Gasteiger partial charge in [-0.3, -0.25) is 0 Å². The Bertz CT molecular complexity index is 235. The van der Waals surface area contributed by atoms with Crippen molar-refractivity contribution >= 4 is 16.6 Å². The molecular formula is C16H36OSi2. The van der Waals surface area contributed by atoms with Crippen LogP contribution in [0.5, 0.6) is 0 Å². The molecule has 1 atom stereocenters. The van der Waals surface area contributed by atoms with Crippen molar-refractivity contribution in [3.63, 3.8) is 0 Å². The summed E-state index contributed by atoms with van der Waals surface area (Å²) in [6.45, 7) is 15.5. The third-order valence-electron chi connectivity index (χ3n) is 3.44. The predicted molar refractivity (Wildman–Crippen MR) is 93.9 cm³/mol. The van der Waals surface area contributed by atoms with Crippen LogP contribution in [-0.4, -0.2) is 16.6 Å². The van der Waals surface area contributed by atoms with Crippen LogP contribution in [0.1, 0.15) is 51.9 Å². The van der Waals surface area contributed by atoms with Crippen LogP contribution in [0.3, 0.4) is 0 Å². The first kappa shape index (κ1) is 19.1. The average molecular weight is 301 g/mol. The van der Waals surface area contributed by atoms with Crippen LogP contribution in [0.4, 0.5) is 0 Å². The first-order valence-electron chi connectivity index (χ1n) is 8.14. The lowest BCUT2D eigenvalue weighted by atomic mass is 10.1. The molecule has 0 radical (unpaired) electrons. The maximum atomic E-state index is 6.52. The van der Waals surface area contributed by atoms with E-state index >= 15 is 0 Å². The molecule has 0 aliphatic carbocycles. The van der Waals surface area contributed by atoms with Gasteiger partial charge < -0.3 is 4.12 Å². The lowest BCUT2D eigenvalue weighted by Crippen LogP contribution is -2.44. The number of rotatable bonds is 12. The summed E-state index contributed by atoms with van der Waals surface area (Å²) < 4.78 is 6.52. The highest BCUT2D eigenvalue weighted by Crippen LogP contribution is 2.25. The molecule has 0 aliphatic heterocycles. The molecule has 0 spiro atoms. The second-order valence-corrected chi connectivity index (χ2v) is 15.9. The van der Waals surface area contributed by atoms with Gasteiger partial charge in [0.1, 0.15) is 0 Å². The summed E-state index contributed by atoms with van der Waals surface area (Å²) in [6.07, 6.45) is 11.8. The fourth-order valence-corrected chi connectivity index (χ4v) is 11.2. The minimum Gasteiger partial charge on any atom is -0.455 e. The molecule has 3 heteroatoms. The molecule has 0 amide bonds. The van der Waals surface area contributed by atoms with Crippen molar-refractivity contribution in [3.05, 3.63) is 12.7 Å². The highest BCUT2D eigenvalue weighted by molar-refractivity contribution is 6.85. The molecule has 0 aliphatic rings. The normalized spacial score (nSPS) is 15.2. The average Bonchev–Trinajstić information content (AvgIpc) is 2.25. The highest BCUT2D eigenvalue weighted by Gasteiger charge is 2.32. The van der Waals surface area contributed by atoms with Crippen LogP contribution >= 0.6 is 0 Å². The van der Waals surface area contributed by atoms with Crippen molar-refractivity contribution in [1.29, 1.82) is 0 Å². The molecule has 1 unspecified atom stereocenters. The van der Waals surface area contributed by atoms with E-state index in [2.05, 4.69) is 45.8 Å². The van der Waals surface area contributed by atoms with Crippen molar-refractivity contribution in [3.8, 4) is 0 Å². The van der Waals surface area contributed by atoms with Crippen molar-refractivity contribution in [2.45, 2.75) is 90.1 Å². The maximum Gasteiger partial charge on any atom is 0.180 e. The van der Waals surface area contributed by atoms with Crippen LogP contribution in [0.2, 0.25) is 38.3 Å². The van der Waals surface area contributed by atoms with E-state index in [1.807, 2.05) is 0 Å². The van der Waals surface area contributed by atoms with E-state index in [0.717, 1.165) is 6.04 Å². The zero-order valence-electron chi connectivity index (χ0n) is 14.1. The number of hydrogen-bond donors (Lipinski definition) is 0. The molecule has 0 aromatic carbocycles. The SMILES string of the molecule is C=CC[Si](C)(CCCCCCCCC)O[Si](C)(C)C. The Balaban J connectivity index is 3.91. The second kappa shape index (κ2) is 9.95. The van der Waals surface area contributed by atoms with Gasteiger partial charge in [0.15, 0.2) is 16.6 Å². The topological polar surface area (TPSA) is 9.23 Å². The Morgan fingerprint density at radius 3 is 1.89 bits per heavy atom. The zero-order chi connectivity index (χ0) is 14.8. The highest BCUT2D eigenvalue weighted by atomic mass is 28.4.